The molecule has 0 spiro atoms. The summed E-state index contributed by atoms with van der Waals surface area (Å²) >= 11 is 0. The number of nitrogens with zero attached hydrogens (tertiary/aromatic N) is 3. The average Bonchev–Trinajstić information content (AvgIpc) is 2.74. The normalized spacial score (nSPS) is 16.6. The summed E-state index contributed by atoms with van der Waals surface area (Å²) in [6, 6.07) is -0.0977. The van der Waals surface area contributed by atoms with Gasteiger partial charge in [0.05, 0.1) is 11.7 Å². The summed E-state index contributed by atoms with van der Waals surface area (Å²) in [7, 11) is 1.90. The Morgan fingerprint density at radius 2 is 1.75 bits per heavy atom. The minimum Gasteiger partial charge on any atom is -0.349 e. The molecule has 2 heterocycles. The van der Waals surface area contributed by atoms with E-state index >= 15 is 0 Å². The van der Waals surface area contributed by atoms with Crippen LogP contribution in [0.3, 0.4) is 0 Å². The summed E-state index contributed by atoms with van der Waals surface area (Å²) in [5.41, 5.74) is 3.05. The van der Waals surface area contributed by atoms with Gasteiger partial charge in [-0.2, -0.15) is 5.10 Å². The van der Waals surface area contributed by atoms with Gasteiger partial charge < -0.3 is 10.2 Å². The fraction of sp³-hybridized carbons (Fsp3) is 0.722. The number of carbonyl (C=O) groups excluding carboxylic acids is 2. The van der Waals surface area contributed by atoms with Gasteiger partial charge in [0.1, 0.15) is 0 Å². The SMILES string of the molecule is Cc1nn(C)c(C)c1[C@@H](C)NC(=O)CCC(=O)N1CCCCCC1. The number of amides is 2. The van der Waals surface area contributed by atoms with Crippen molar-refractivity contribution in [3.05, 3.63) is 17.0 Å². The summed E-state index contributed by atoms with van der Waals surface area (Å²) in [5, 5.41) is 7.39. The van der Waals surface area contributed by atoms with Gasteiger partial charge in [-0.1, -0.05) is 12.8 Å². The quantitative estimate of drug-likeness (QED) is 0.899. The number of aryl methyl sites for hydroxylation is 2. The molecule has 2 amide bonds. The molecule has 6 heteroatoms. The van der Waals surface area contributed by atoms with Gasteiger partial charge in [-0.05, 0) is 33.6 Å². The van der Waals surface area contributed by atoms with Crippen molar-refractivity contribution < 1.29 is 9.59 Å². The third kappa shape index (κ3) is 4.58. The molecule has 2 rings (SSSR count). The van der Waals surface area contributed by atoms with Crippen LogP contribution < -0.4 is 5.32 Å². The van der Waals surface area contributed by atoms with Crippen LogP contribution >= 0.6 is 0 Å². The van der Waals surface area contributed by atoms with E-state index in [9.17, 15) is 9.59 Å². The molecular formula is C18H30N4O2. The zero-order chi connectivity index (χ0) is 17.7. The lowest BCUT2D eigenvalue weighted by atomic mass is 10.1. The smallest absolute Gasteiger partial charge is 0.223 e. The van der Waals surface area contributed by atoms with Gasteiger partial charge in [0.25, 0.3) is 0 Å². The second-order valence-corrected chi connectivity index (χ2v) is 6.79. The van der Waals surface area contributed by atoms with Crippen LogP contribution in [0, 0.1) is 13.8 Å². The number of aromatic nitrogens is 2. The predicted molar refractivity (Wildman–Crippen MR) is 93.5 cm³/mol. The van der Waals surface area contributed by atoms with E-state index in [0.717, 1.165) is 42.9 Å². The third-order valence-electron chi connectivity index (χ3n) is 4.90. The van der Waals surface area contributed by atoms with Crippen LogP contribution in [-0.2, 0) is 16.6 Å². The van der Waals surface area contributed by atoms with Crippen LogP contribution in [0.25, 0.3) is 0 Å². The minimum atomic E-state index is -0.0977. The van der Waals surface area contributed by atoms with Crippen LogP contribution in [0.4, 0.5) is 0 Å². The second-order valence-electron chi connectivity index (χ2n) is 6.79. The molecule has 1 N–H and O–H groups in total. The molecule has 0 radical (unpaired) electrons. The standard InChI is InChI=1S/C18H30N4O2/c1-13(18-14(2)20-21(4)15(18)3)19-16(23)9-10-17(24)22-11-7-5-6-8-12-22/h13H,5-12H2,1-4H3,(H,19,23)/t13-/m1/s1. The van der Waals surface area contributed by atoms with Crippen LogP contribution in [0.2, 0.25) is 0 Å². The summed E-state index contributed by atoms with van der Waals surface area (Å²) in [4.78, 5) is 26.4. The average molecular weight is 334 g/mol. The van der Waals surface area contributed by atoms with E-state index in [-0.39, 0.29) is 24.3 Å². The van der Waals surface area contributed by atoms with Gasteiger partial charge in [-0.3, -0.25) is 14.3 Å². The topological polar surface area (TPSA) is 67.2 Å². The molecule has 0 bridgehead atoms. The molecule has 1 saturated heterocycles. The number of nitrogens with one attached hydrogen (secondary N) is 1. The molecule has 1 aromatic rings. The molecule has 0 unspecified atom stereocenters. The van der Waals surface area contributed by atoms with E-state index in [0.29, 0.717) is 6.42 Å². The highest BCUT2D eigenvalue weighted by molar-refractivity contribution is 5.84. The van der Waals surface area contributed by atoms with E-state index in [4.69, 9.17) is 0 Å². The van der Waals surface area contributed by atoms with Crippen molar-refractivity contribution in [3.63, 3.8) is 0 Å². The summed E-state index contributed by atoms with van der Waals surface area (Å²) in [6.07, 6.45) is 5.10. The Balaban J connectivity index is 1.83. The van der Waals surface area contributed by atoms with Gasteiger partial charge >= 0.3 is 0 Å². The highest BCUT2D eigenvalue weighted by Gasteiger charge is 2.20. The molecule has 1 aliphatic heterocycles. The van der Waals surface area contributed by atoms with Crippen molar-refractivity contribution >= 4 is 11.8 Å². The number of hydrogen-bond donors (Lipinski definition) is 1. The zero-order valence-corrected chi connectivity index (χ0v) is 15.4. The Hall–Kier alpha value is -1.85. The van der Waals surface area contributed by atoms with Crippen LogP contribution in [0.1, 0.15) is 68.4 Å². The predicted octanol–water partition coefficient (Wildman–Crippen LogP) is 2.40. The van der Waals surface area contributed by atoms with Gasteiger partial charge in [0.2, 0.25) is 11.8 Å². The Kier molecular flexibility index (Phi) is 6.40. The lowest BCUT2D eigenvalue weighted by Crippen LogP contribution is -2.33. The van der Waals surface area contributed by atoms with Crippen molar-refractivity contribution in [3.8, 4) is 0 Å². The molecule has 134 valence electrons. The second kappa shape index (κ2) is 8.31. The first-order chi connectivity index (χ1) is 11.4. The number of carbonyl (C=O) groups is 2. The molecule has 1 aromatic heterocycles. The van der Waals surface area contributed by atoms with Gasteiger partial charge in [0.15, 0.2) is 0 Å². The van der Waals surface area contributed by atoms with E-state index in [1.54, 1.807) is 0 Å². The lowest BCUT2D eigenvalue weighted by Gasteiger charge is -2.20. The number of hydrogen-bond acceptors (Lipinski definition) is 3. The highest BCUT2D eigenvalue weighted by atomic mass is 16.2. The third-order valence-corrected chi connectivity index (χ3v) is 4.90. The van der Waals surface area contributed by atoms with Crippen molar-refractivity contribution in [1.82, 2.24) is 20.0 Å². The highest BCUT2D eigenvalue weighted by Crippen LogP contribution is 2.20. The van der Waals surface area contributed by atoms with Crippen LogP contribution in [0.5, 0.6) is 0 Å². The molecule has 1 aliphatic rings. The summed E-state index contributed by atoms with van der Waals surface area (Å²) in [5.74, 6) is 0.0294. The molecular weight excluding hydrogens is 304 g/mol. The fourth-order valence-corrected chi connectivity index (χ4v) is 3.50. The molecule has 0 aromatic carbocycles. The monoisotopic (exact) mass is 334 g/mol. The summed E-state index contributed by atoms with van der Waals surface area (Å²) < 4.78 is 1.83. The van der Waals surface area contributed by atoms with Gasteiger partial charge in [-0.15, -0.1) is 0 Å². The van der Waals surface area contributed by atoms with Crippen molar-refractivity contribution in [2.24, 2.45) is 7.05 Å². The van der Waals surface area contributed by atoms with E-state index in [2.05, 4.69) is 10.4 Å². The van der Waals surface area contributed by atoms with Gasteiger partial charge in [-0.25, -0.2) is 0 Å². The Morgan fingerprint density at radius 3 is 2.29 bits per heavy atom. The zero-order valence-electron chi connectivity index (χ0n) is 15.4. The molecule has 1 fully saturated rings. The Morgan fingerprint density at radius 1 is 1.12 bits per heavy atom. The lowest BCUT2D eigenvalue weighted by molar-refractivity contribution is -0.133. The fourth-order valence-electron chi connectivity index (χ4n) is 3.50. The number of rotatable bonds is 5. The van der Waals surface area contributed by atoms with Crippen LogP contribution in [0.15, 0.2) is 0 Å². The molecule has 0 aliphatic carbocycles. The first-order valence-electron chi connectivity index (χ1n) is 8.97. The Bertz CT molecular complexity index is 586. The van der Waals surface area contributed by atoms with Crippen LogP contribution in [-0.4, -0.2) is 39.6 Å². The molecule has 1 atom stereocenters. The maximum atomic E-state index is 12.3. The maximum absolute atomic E-state index is 12.3. The minimum absolute atomic E-state index is 0.0756. The maximum Gasteiger partial charge on any atom is 0.223 e. The molecule has 24 heavy (non-hydrogen) atoms. The van der Waals surface area contributed by atoms with E-state index < -0.39 is 0 Å². The van der Waals surface area contributed by atoms with Gasteiger partial charge in [0, 0.05) is 44.2 Å². The Labute approximate surface area is 144 Å². The van der Waals surface area contributed by atoms with E-state index in [1.807, 2.05) is 37.4 Å². The van der Waals surface area contributed by atoms with E-state index in [1.165, 1.54) is 12.8 Å². The largest absolute Gasteiger partial charge is 0.349 e. The molecule has 0 saturated carbocycles. The number of likely N-dealkylation sites (tertiary alicyclic amines) is 1. The summed E-state index contributed by atoms with van der Waals surface area (Å²) in [6.45, 7) is 7.59. The van der Waals surface area contributed by atoms with Crippen molar-refractivity contribution in [1.29, 1.82) is 0 Å². The first kappa shape index (κ1) is 18.5. The van der Waals surface area contributed by atoms with Crippen molar-refractivity contribution in [2.75, 3.05) is 13.1 Å². The molecule has 6 nitrogen and oxygen atoms in total. The first-order valence-corrected chi connectivity index (χ1v) is 8.97. The van der Waals surface area contributed by atoms with Crippen molar-refractivity contribution in [2.45, 2.75) is 65.3 Å².